The van der Waals surface area contributed by atoms with Gasteiger partial charge in [0.05, 0.1) is 12.8 Å². The van der Waals surface area contributed by atoms with Crippen LogP contribution in [0, 0.1) is 13.8 Å². The third-order valence-corrected chi connectivity index (χ3v) is 4.49. The first-order chi connectivity index (χ1) is 9.13. The molecule has 1 aromatic rings. The zero-order valence-corrected chi connectivity index (χ0v) is 12.8. The average Bonchev–Trinajstić information content (AvgIpc) is 2.40. The summed E-state index contributed by atoms with van der Waals surface area (Å²) in [6.45, 7) is 4.84. The molecule has 2 atom stereocenters. The first-order valence-electron chi connectivity index (χ1n) is 7.00. The number of hydrogen-bond donors (Lipinski definition) is 1. The molecule has 106 valence electrons. The fourth-order valence-electron chi connectivity index (χ4n) is 2.79. The van der Waals surface area contributed by atoms with Gasteiger partial charge in [-0.3, -0.25) is 4.98 Å². The largest absolute Gasteiger partial charge is 0.496 e. The lowest BCUT2D eigenvalue weighted by Gasteiger charge is -2.28. The number of nitrogens with one attached hydrogen (secondary N) is 1. The molecule has 1 aliphatic carbocycles. The molecular formula is C15H23ClN2O. The zero-order valence-electron chi connectivity index (χ0n) is 12.0. The average molecular weight is 283 g/mol. The van der Waals surface area contributed by atoms with E-state index in [1.54, 1.807) is 7.11 Å². The molecule has 1 N–H and O–H groups in total. The van der Waals surface area contributed by atoms with Crippen LogP contribution in [0.4, 0.5) is 0 Å². The van der Waals surface area contributed by atoms with Gasteiger partial charge in [-0.15, -0.1) is 11.6 Å². The van der Waals surface area contributed by atoms with E-state index in [-0.39, 0.29) is 5.38 Å². The van der Waals surface area contributed by atoms with E-state index in [4.69, 9.17) is 16.3 Å². The van der Waals surface area contributed by atoms with Crippen molar-refractivity contribution >= 4 is 11.6 Å². The number of aromatic nitrogens is 1. The fourth-order valence-corrected chi connectivity index (χ4v) is 3.16. The molecule has 0 spiro atoms. The lowest BCUT2D eigenvalue weighted by molar-refractivity contribution is 0.375. The van der Waals surface area contributed by atoms with Gasteiger partial charge in [-0.05, 0) is 26.7 Å². The fraction of sp³-hybridized carbons (Fsp3) is 0.667. The molecule has 2 unspecified atom stereocenters. The molecule has 19 heavy (non-hydrogen) atoms. The van der Waals surface area contributed by atoms with E-state index in [1.165, 1.54) is 12.8 Å². The number of pyridine rings is 1. The van der Waals surface area contributed by atoms with Gasteiger partial charge in [0.1, 0.15) is 5.75 Å². The van der Waals surface area contributed by atoms with Crippen molar-refractivity contribution < 1.29 is 4.74 Å². The minimum atomic E-state index is 0.251. The SMILES string of the molecule is COc1c(C)cnc(CNC2CCCCC2Cl)c1C. The molecular weight excluding hydrogens is 260 g/mol. The van der Waals surface area contributed by atoms with Gasteiger partial charge < -0.3 is 10.1 Å². The molecule has 0 bridgehead atoms. The highest BCUT2D eigenvalue weighted by atomic mass is 35.5. The maximum absolute atomic E-state index is 6.36. The van der Waals surface area contributed by atoms with Crippen LogP contribution in [0.15, 0.2) is 6.20 Å². The lowest BCUT2D eigenvalue weighted by atomic mass is 9.95. The smallest absolute Gasteiger partial charge is 0.128 e. The van der Waals surface area contributed by atoms with Gasteiger partial charge in [0.25, 0.3) is 0 Å². The first kappa shape index (κ1) is 14.6. The van der Waals surface area contributed by atoms with Gasteiger partial charge in [0.2, 0.25) is 0 Å². The number of rotatable bonds is 4. The van der Waals surface area contributed by atoms with E-state index in [0.717, 1.165) is 42.0 Å². The maximum Gasteiger partial charge on any atom is 0.128 e. The standard InChI is InChI=1S/C15H23ClN2O/c1-10-8-17-14(11(2)15(10)19-3)9-18-13-7-5-4-6-12(13)16/h8,12-13,18H,4-7,9H2,1-3H3. The lowest BCUT2D eigenvalue weighted by Crippen LogP contribution is -2.39. The Balaban J connectivity index is 2.03. The van der Waals surface area contributed by atoms with Crippen LogP contribution in [0.25, 0.3) is 0 Å². The number of halogens is 1. The van der Waals surface area contributed by atoms with Gasteiger partial charge in [-0.1, -0.05) is 12.8 Å². The van der Waals surface area contributed by atoms with Gasteiger partial charge >= 0.3 is 0 Å². The van der Waals surface area contributed by atoms with E-state index in [1.807, 2.05) is 13.1 Å². The van der Waals surface area contributed by atoms with Crippen LogP contribution < -0.4 is 10.1 Å². The van der Waals surface area contributed by atoms with Crippen molar-refractivity contribution in [3.05, 3.63) is 23.0 Å². The van der Waals surface area contributed by atoms with E-state index in [2.05, 4.69) is 17.2 Å². The highest BCUT2D eigenvalue weighted by Crippen LogP contribution is 2.26. The Hall–Kier alpha value is -0.800. The van der Waals surface area contributed by atoms with Crippen molar-refractivity contribution in [3.8, 4) is 5.75 Å². The second-order valence-electron chi connectivity index (χ2n) is 5.33. The van der Waals surface area contributed by atoms with E-state index < -0.39 is 0 Å². The Bertz CT molecular complexity index is 436. The molecule has 0 saturated heterocycles. The minimum absolute atomic E-state index is 0.251. The summed E-state index contributed by atoms with van der Waals surface area (Å²) in [5, 5.41) is 3.80. The number of ether oxygens (including phenoxy) is 1. The Morgan fingerprint density at radius 1 is 1.37 bits per heavy atom. The molecule has 4 heteroatoms. The molecule has 0 radical (unpaired) electrons. The molecule has 0 amide bonds. The molecule has 1 heterocycles. The summed E-state index contributed by atoms with van der Waals surface area (Å²) >= 11 is 6.36. The van der Waals surface area contributed by atoms with Crippen LogP contribution in [0.5, 0.6) is 5.75 Å². The van der Waals surface area contributed by atoms with Gasteiger partial charge in [-0.2, -0.15) is 0 Å². The van der Waals surface area contributed by atoms with Crippen LogP contribution >= 0.6 is 11.6 Å². The normalized spacial score (nSPS) is 23.4. The van der Waals surface area contributed by atoms with Gasteiger partial charge in [-0.25, -0.2) is 0 Å². The van der Waals surface area contributed by atoms with Crippen LogP contribution in [-0.4, -0.2) is 23.5 Å². The molecule has 0 aliphatic heterocycles. The molecule has 0 aromatic carbocycles. The summed E-state index contributed by atoms with van der Waals surface area (Å²) in [5.74, 6) is 0.942. The molecule has 1 fully saturated rings. The molecule has 1 aliphatic rings. The zero-order chi connectivity index (χ0) is 13.8. The third-order valence-electron chi connectivity index (χ3n) is 3.96. The summed E-state index contributed by atoms with van der Waals surface area (Å²) in [4.78, 5) is 4.51. The van der Waals surface area contributed by atoms with Crippen molar-refractivity contribution in [1.82, 2.24) is 10.3 Å². The quantitative estimate of drug-likeness (QED) is 0.860. The topological polar surface area (TPSA) is 34.1 Å². The Morgan fingerprint density at radius 3 is 2.79 bits per heavy atom. The summed E-state index contributed by atoms with van der Waals surface area (Å²) < 4.78 is 5.44. The van der Waals surface area contributed by atoms with Crippen LogP contribution in [0.3, 0.4) is 0 Å². The van der Waals surface area contributed by atoms with Crippen molar-refractivity contribution in [3.63, 3.8) is 0 Å². The second kappa shape index (κ2) is 6.58. The number of aryl methyl sites for hydroxylation is 1. The minimum Gasteiger partial charge on any atom is -0.496 e. The number of methoxy groups -OCH3 is 1. The maximum atomic E-state index is 6.36. The van der Waals surface area contributed by atoms with Crippen molar-refractivity contribution in [2.45, 2.75) is 57.5 Å². The highest BCUT2D eigenvalue weighted by molar-refractivity contribution is 6.21. The number of alkyl halides is 1. The monoisotopic (exact) mass is 282 g/mol. The van der Waals surface area contributed by atoms with Gasteiger partial charge in [0.15, 0.2) is 0 Å². The summed E-state index contributed by atoms with van der Waals surface area (Å²) in [6.07, 6.45) is 6.67. The van der Waals surface area contributed by atoms with Crippen molar-refractivity contribution in [1.29, 1.82) is 0 Å². The van der Waals surface area contributed by atoms with Crippen LogP contribution in [0.2, 0.25) is 0 Å². The summed E-state index contributed by atoms with van der Waals surface area (Å²) in [6, 6.07) is 0.406. The highest BCUT2D eigenvalue weighted by Gasteiger charge is 2.22. The number of hydrogen-bond acceptors (Lipinski definition) is 3. The molecule has 3 nitrogen and oxygen atoms in total. The Kier molecular flexibility index (Phi) is 5.06. The number of nitrogens with zero attached hydrogens (tertiary/aromatic N) is 1. The second-order valence-corrected chi connectivity index (χ2v) is 5.89. The van der Waals surface area contributed by atoms with Crippen LogP contribution in [-0.2, 0) is 6.54 Å². The van der Waals surface area contributed by atoms with E-state index >= 15 is 0 Å². The Labute approximate surface area is 120 Å². The van der Waals surface area contributed by atoms with Crippen LogP contribution in [0.1, 0.15) is 42.5 Å². The van der Waals surface area contributed by atoms with Crippen molar-refractivity contribution in [2.75, 3.05) is 7.11 Å². The van der Waals surface area contributed by atoms with Crippen molar-refractivity contribution in [2.24, 2.45) is 0 Å². The molecule has 1 aromatic heterocycles. The third kappa shape index (κ3) is 3.40. The van der Waals surface area contributed by atoms with Gasteiger partial charge in [0, 0.05) is 35.3 Å². The predicted octanol–water partition coefficient (Wildman–Crippen LogP) is 3.35. The van der Waals surface area contributed by atoms with E-state index in [9.17, 15) is 0 Å². The van der Waals surface area contributed by atoms with E-state index in [0.29, 0.717) is 6.04 Å². The summed E-state index contributed by atoms with van der Waals surface area (Å²) in [7, 11) is 1.71. The Morgan fingerprint density at radius 2 is 2.11 bits per heavy atom. The summed E-state index contributed by atoms with van der Waals surface area (Å²) in [5.41, 5.74) is 3.26. The predicted molar refractivity (Wildman–Crippen MR) is 79.0 cm³/mol. The first-order valence-corrected chi connectivity index (χ1v) is 7.43. The molecule has 1 saturated carbocycles. The molecule has 2 rings (SSSR count).